The van der Waals surface area contributed by atoms with E-state index in [9.17, 15) is 9.59 Å². The second-order valence-corrected chi connectivity index (χ2v) is 7.79. The standard InChI is InChI=1S/C14H23N3O3S/c1-10(2)11(18)14(5,6)21-17(7)12(19)20-16-9-13(3,4)8-15/h9-10H,1-7H3. The molecule has 0 radical (unpaired) electrons. The fraction of sp³-hybridized carbons (Fsp3) is 0.714. The van der Waals surface area contributed by atoms with Gasteiger partial charge in [0.15, 0.2) is 5.78 Å². The molecule has 0 N–H and O–H groups in total. The number of amides is 1. The Hall–Kier alpha value is -1.55. The summed E-state index contributed by atoms with van der Waals surface area (Å²) in [6, 6.07) is 2.01. The molecule has 0 aliphatic heterocycles. The van der Waals surface area contributed by atoms with Gasteiger partial charge >= 0.3 is 6.09 Å². The van der Waals surface area contributed by atoms with Gasteiger partial charge in [-0.2, -0.15) is 5.26 Å². The number of oxime groups is 1. The van der Waals surface area contributed by atoms with Crippen LogP contribution in [-0.4, -0.2) is 34.2 Å². The van der Waals surface area contributed by atoms with Crippen LogP contribution in [0.1, 0.15) is 41.5 Å². The third kappa shape index (κ3) is 6.63. The Morgan fingerprint density at radius 1 is 1.33 bits per heavy atom. The van der Waals surface area contributed by atoms with Crippen molar-refractivity contribution < 1.29 is 14.4 Å². The van der Waals surface area contributed by atoms with E-state index in [1.165, 1.54) is 17.6 Å². The first kappa shape index (κ1) is 19.4. The topological polar surface area (TPSA) is 82.8 Å². The molecule has 0 aromatic heterocycles. The quantitative estimate of drug-likeness (QED) is 0.325. The lowest BCUT2D eigenvalue weighted by Gasteiger charge is -2.28. The van der Waals surface area contributed by atoms with Gasteiger partial charge in [-0.25, -0.2) is 4.79 Å². The molecule has 0 aromatic carbocycles. The Balaban J connectivity index is 4.61. The highest BCUT2D eigenvalue weighted by molar-refractivity contribution is 7.99. The van der Waals surface area contributed by atoms with Gasteiger partial charge in [-0.3, -0.25) is 13.9 Å². The van der Waals surface area contributed by atoms with Crippen molar-refractivity contribution in [1.82, 2.24) is 4.31 Å². The number of hydrogen-bond donors (Lipinski definition) is 0. The second-order valence-electron chi connectivity index (χ2n) is 6.04. The first-order valence-electron chi connectivity index (χ1n) is 6.57. The minimum Gasteiger partial charge on any atom is -0.298 e. The number of nitriles is 1. The Morgan fingerprint density at radius 3 is 2.29 bits per heavy atom. The summed E-state index contributed by atoms with van der Waals surface area (Å²) in [7, 11) is 1.51. The third-order valence-electron chi connectivity index (χ3n) is 2.53. The van der Waals surface area contributed by atoms with E-state index in [2.05, 4.69) is 5.16 Å². The summed E-state index contributed by atoms with van der Waals surface area (Å²) in [6.45, 7) is 10.4. The van der Waals surface area contributed by atoms with E-state index in [1.807, 2.05) is 19.9 Å². The Morgan fingerprint density at radius 2 is 1.86 bits per heavy atom. The summed E-state index contributed by atoms with van der Waals surface area (Å²) in [4.78, 5) is 28.5. The van der Waals surface area contributed by atoms with Crippen molar-refractivity contribution in [2.45, 2.75) is 46.3 Å². The fourth-order valence-corrected chi connectivity index (χ4v) is 2.53. The molecular formula is C14H23N3O3S. The molecule has 0 spiro atoms. The summed E-state index contributed by atoms with van der Waals surface area (Å²) in [5.74, 6) is -0.0763. The van der Waals surface area contributed by atoms with Crippen molar-refractivity contribution in [3.63, 3.8) is 0 Å². The van der Waals surface area contributed by atoms with Gasteiger partial charge in [0.25, 0.3) is 0 Å². The second kappa shape index (κ2) is 7.46. The Kier molecular flexibility index (Phi) is 6.91. The number of rotatable bonds is 6. The molecule has 0 saturated carbocycles. The van der Waals surface area contributed by atoms with Crippen LogP contribution in [0.25, 0.3) is 0 Å². The fourth-order valence-electron chi connectivity index (χ4n) is 1.41. The zero-order valence-corrected chi connectivity index (χ0v) is 14.4. The molecule has 0 aliphatic carbocycles. The number of Topliss-reactive ketones (excluding diaryl/α,β-unsaturated/α-hetero) is 1. The normalized spacial score (nSPS) is 12.3. The van der Waals surface area contributed by atoms with E-state index >= 15 is 0 Å². The SMILES string of the molecule is CC(C)C(=O)C(C)(C)SN(C)C(=O)ON=CC(C)(C)C#N. The maximum absolute atomic E-state index is 12.0. The molecule has 0 saturated heterocycles. The molecule has 6 nitrogen and oxygen atoms in total. The molecule has 0 aromatic rings. The zero-order chi connectivity index (χ0) is 16.8. The van der Waals surface area contributed by atoms with Gasteiger partial charge in [-0.1, -0.05) is 19.0 Å². The number of carbonyl (C=O) groups excluding carboxylic acids is 2. The van der Waals surface area contributed by atoms with Gasteiger partial charge in [-0.05, 0) is 39.6 Å². The predicted octanol–water partition coefficient (Wildman–Crippen LogP) is 3.24. The molecule has 0 fully saturated rings. The Bertz CT molecular complexity index is 465. The summed E-state index contributed by atoms with van der Waals surface area (Å²) in [5, 5.41) is 12.3. The summed E-state index contributed by atoms with van der Waals surface area (Å²) >= 11 is 1.08. The van der Waals surface area contributed by atoms with Crippen molar-refractivity contribution in [2.75, 3.05) is 7.05 Å². The van der Waals surface area contributed by atoms with Crippen LogP contribution < -0.4 is 0 Å². The van der Waals surface area contributed by atoms with Crippen LogP contribution in [0.3, 0.4) is 0 Å². The predicted molar refractivity (Wildman–Crippen MR) is 83.6 cm³/mol. The smallest absolute Gasteiger partial charge is 0.298 e. The van der Waals surface area contributed by atoms with Crippen molar-refractivity contribution in [3.8, 4) is 6.07 Å². The maximum Gasteiger partial charge on any atom is 0.445 e. The van der Waals surface area contributed by atoms with E-state index in [-0.39, 0.29) is 11.7 Å². The molecule has 0 rings (SSSR count). The minimum absolute atomic E-state index is 0.0428. The molecule has 0 atom stereocenters. The van der Waals surface area contributed by atoms with Crippen LogP contribution in [0.15, 0.2) is 5.16 Å². The molecule has 0 heterocycles. The number of carbonyl (C=O) groups is 2. The lowest BCUT2D eigenvalue weighted by Crippen LogP contribution is -2.36. The van der Waals surface area contributed by atoms with Gasteiger partial charge in [0, 0.05) is 13.0 Å². The molecule has 0 unspecified atom stereocenters. The van der Waals surface area contributed by atoms with Crippen LogP contribution >= 0.6 is 11.9 Å². The zero-order valence-electron chi connectivity index (χ0n) is 13.6. The molecule has 21 heavy (non-hydrogen) atoms. The maximum atomic E-state index is 12.0. The van der Waals surface area contributed by atoms with Crippen LogP contribution in [0.4, 0.5) is 4.79 Å². The third-order valence-corrected chi connectivity index (χ3v) is 3.61. The average Bonchev–Trinajstić information content (AvgIpc) is 2.36. The largest absolute Gasteiger partial charge is 0.445 e. The highest BCUT2D eigenvalue weighted by Gasteiger charge is 2.33. The summed E-state index contributed by atoms with van der Waals surface area (Å²) in [6.07, 6.45) is 0.558. The van der Waals surface area contributed by atoms with Crippen LogP contribution in [-0.2, 0) is 9.63 Å². The van der Waals surface area contributed by atoms with E-state index in [4.69, 9.17) is 10.1 Å². The lowest BCUT2D eigenvalue weighted by molar-refractivity contribution is -0.123. The van der Waals surface area contributed by atoms with E-state index in [1.54, 1.807) is 27.7 Å². The van der Waals surface area contributed by atoms with Crippen LogP contribution in [0.5, 0.6) is 0 Å². The molecule has 118 valence electrons. The van der Waals surface area contributed by atoms with Gasteiger partial charge in [-0.15, -0.1) is 0 Å². The van der Waals surface area contributed by atoms with Crippen molar-refractivity contribution in [2.24, 2.45) is 16.5 Å². The van der Waals surface area contributed by atoms with E-state index in [0.717, 1.165) is 11.9 Å². The monoisotopic (exact) mass is 313 g/mol. The van der Waals surface area contributed by atoms with Gasteiger partial charge in [0.2, 0.25) is 0 Å². The first-order valence-corrected chi connectivity index (χ1v) is 7.34. The number of hydrogen-bond acceptors (Lipinski definition) is 6. The van der Waals surface area contributed by atoms with E-state index < -0.39 is 16.3 Å². The molecular weight excluding hydrogens is 290 g/mol. The molecule has 7 heteroatoms. The lowest BCUT2D eigenvalue weighted by atomic mass is 9.98. The molecule has 1 amide bonds. The van der Waals surface area contributed by atoms with Crippen LogP contribution in [0.2, 0.25) is 0 Å². The number of nitrogens with zero attached hydrogens (tertiary/aromatic N) is 3. The highest BCUT2D eigenvalue weighted by atomic mass is 32.2. The molecule has 0 bridgehead atoms. The highest BCUT2D eigenvalue weighted by Crippen LogP contribution is 2.30. The Labute approximate surface area is 130 Å². The van der Waals surface area contributed by atoms with Crippen LogP contribution in [0, 0.1) is 22.7 Å². The molecule has 0 aliphatic rings. The number of ketones is 1. The average molecular weight is 313 g/mol. The van der Waals surface area contributed by atoms with E-state index in [0.29, 0.717) is 0 Å². The van der Waals surface area contributed by atoms with Crippen molar-refractivity contribution in [3.05, 3.63) is 0 Å². The summed E-state index contributed by atoms with van der Waals surface area (Å²) < 4.78 is 0.481. The minimum atomic E-state index is -0.807. The van der Waals surface area contributed by atoms with Crippen molar-refractivity contribution >= 4 is 30.0 Å². The van der Waals surface area contributed by atoms with Gasteiger partial charge < -0.3 is 0 Å². The first-order chi connectivity index (χ1) is 9.43. The van der Waals surface area contributed by atoms with Gasteiger partial charge in [0.1, 0.15) is 0 Å². The van der Waals surface area contributed by atoms with Gasteiger partial charge in [0.05, 0.1) is 22.4 Å². The summed E-state index contributed by atoms with van der Waals surface area (Å²) in [5.41, 5.74) is -0.807. The van der Waals surface area contributed by atoms with Crippen molar-refractivity contribution in [1.29, 1.82) is 5.26 Å².